The van der Waals surface area contributed by atoms with E-state index in [1.165, 1.54) is 27.6 Å². The molecule has 7 nitrogen and oxygen atoms in total. The molecule has 0 amide bonds. The fourth-order valence-electron chi connectivity index (χ4n) is 6.91. The van der Waals surface area contributed by atoms with E-state index in [0.717, 1.165) is 50.2 Å². The van der Waals surface area contributed by atoms with E-state index in [4.69, 9.17) is 8.83 Å². The molecule has 3 aromatic heterocycles. The molecule has 0 unspecified atom stereocenters. The van der Waals surface area contributed by atoms with Gasteiger partial charge in [-0.3, -0.25) is 4.98 Å². The van der Waals surface area contributed by atoms with Crippen LogP contribution >= 0.6 is 0 Å². The van der Waals surface area contributed by atoms with Crippen LogP contribution in [0.5, 0.6) is 0 Å². The molecule has 0 saturated heterocycles. The van der Waals surface area contributed by atoms with Crippen molar-refractivity contribution in [3.63, 3.8) is 0 Å². The molecule has 0 bridgehead atoms. The van der Waals surface area contributed by atoms with Crippen LogP contribution in [-0.2, 0) is 20.1 Å². The monoisotopic (exact) mass is 863 g/mol. The van der Waals surface area contributed by atoms with Crippen molar-refractivity contribution in [1.29, 1.82) is 0 Å². The molecule has 52 heavy (non-hydrogen) atoms. The van der Waals surface area contributed by atoms with Crippen LogP contribution in [-0.4, -0.2) is 26.9 Å². The van der Waals surface area contributed by atoms with Crippen LogP contribution < -0.4 is 4.90 Å². The molecule has 262 valence electrons. The largest absolute Gasteiger partial charge is 3.00 e. The molecular weight excluding hydrogens is 823 g/mol. The van der Waals surface area contributed by atoms with Crippen molar-refractivity contribution >= 4 is 55.9 Å². The number of hydrazone groups is 1. The zero-order valence-corrected chi connectivity index (χ0v) is 32.5. The van der Waals surface area contributed by atoms with Crippen molar-refractivity contribution in [1.82, 2.24) is 14.6 Å². The van der Waals surface area contributed by atoms with Gasteiger partial charge in [0.25, 0.3) is 0 Å². The predicted molar refractivity (Wildman–Crippen MR) is 208 cm³/mol. The number of imidazole rings is 1. The van der Waals surface area contributed by atoms with Gasteiger partial charge in [0.05, 0.1) is 12.2 Å². The van der Waals surface area contributed by atoms with Crippen molar-refractivity contribution in [2.75, 3.05) is 4.90 Å². The normalized spacial score (nSPS) is 12.9. The van der Waals surface area contributed by atoms with Gasteiger partial charge in [0, 0.05) is 51.4 Å². The third kappa shape index (κ3) is 6.20. The molecule has 0 spiro atoms. The molecule has 0 saturated carbocycles. The van der Waals surface area contributed by atoms with Gasteiger partial charge in [-0.15, -0.1) is 42.6 Å². The molecule has 4 heterocycles. The molecule has 1 aliphatic heterocycles. The van der Waals surface area contributed by atoms with Crippen LogP contribution in [0.15, 0.2) is 117 Å². The maximum Gasteiger partial charge on any atom is 3.00 e. The summed E-state index contributed by atoms with van der Waals surface area (Å²) in [6.07, 6.45) is 5.71. The number of hydrogen-bond donors (Lipinski definition) is 0. The first-order valence-electron chi connectivity index (χ1n) is 17.6. The molecule has 0 atom stereocenters. The Morgan fingerprint density at radius 3 is 2.06 bits per heavy atom. The van der Waals surface area contributed by atoms with Gasteiger partial charge >= 0.3 is 20.1 Å². The minimum atomic E-state index is 0. The Morgan fingerprint density at radius 2 is 1.40 bits per heavy atom. The van der Waals surface area contributed by atoms with Gasteiger partial charge in [0.15, 0.2) is 0 Å². The van der Waals surface area contributed by atoms with Crippen LogP contribution in [0.3, 0.4) is 0 Å². The number of para-hydroxylation sites is 2. The minimum absolute atomic E-state index is 0. The Morgan fingerprint density at radius 1 is 0.712 bits per heavy atom. The first-order chi connectivity index (χ1) is 24.8. The average molecular weight is 863 g/mol. The Balaban J connectivity index is 0.000000168. The molecule has 8 aromatic rings. The summed E-state index contributed by atoms with van der Waals surface area (Å²) in [5, 5.41) is 10.9. The number of rotatable bonds is 6. The summed E-state index contributed by atoms with van der Waals surface area (Å²) in [6, 6.07) is 37.6. The molecule has 0 N–H and O–H groups in total. The molecule has 9 rings (SSSR count). The summed E-state index contributed by atoms with van der Waals surface area (Å²) in [6.45, 7) is 15.1. The molecule has 8 heteroatoms. The van der Waals surface area contributed by atoms with Crippen LogP contribution in [0.1, 0.15) is 64.5 Å². The van der Waals surface area contributed by atoms with E-state index in [9.17, 15) is 0 Å². The van der Waals surface area contributed by atoms with E-state index in [-0.39, 0.29) is 26.0 Å². The molecule has 1 aliphatic rings. The second kappa shape index (κ2) is 14.5. The van der Waals surface area contributed by atoms with Crippen LogP contribution in [0.25, 0.3) is 61.0 Å². The van der Waals surface area contributed by atoms with Gasteiger partial charge in [0.2, 0.25) is 0 Å². The van der Waals surface area contributed by atoms with Gasteiger partial charge in [-0.1, -0.05) is 75.2 Å². The summed E-state index contributed by atoms with van der Waals surface area (Å²) >= 11 is 0. The standard InChI is InChI=1S/C27H25N2O.C17H15N3O.Ir/c1-17(2)21-16-22-20-12-8-9-13-23(20)30-26(22)24(18(3)4)25(21)29-15-14-28-27(29)19-10-6-5-7-11-19;1-12(2)20-11-19(10-18-20)15-8-5-7-14-13-6-3-4-9-16(13)21-17(14)15;/h5-10,12-18H,1-4H3;3-7,9-12H,1-2H3;/q-1;-2;+3. The van der Waals surface area contributed by atoms with E-state index in [1.807, 2.05) is 77.4 Å². The zero-order chi connectivity index (χ0) is 35.2. The van der Waals surface area contributed by atoms with Crippen LogP contribution in [0, 0.1) is 18.8 Å². The Labute approximate surface area is 317 Å². The van der Waals surface area contributed by atoms with E-state index >= 15 is 0 Å². The fraction of sp³-hybridized carbons (Fsp3) is 0.205. The van der Waals surface area contributed by atoms with E-state index in [2.05, 4.69) is 111 Å². The Kier molecular flexibility index (Phi) is 9.79. The summed E-state index contributed by atoms with van der Waals surface area (Å²) in [4.78, 5) is 6.64. The third-order valence-corrected chi connectivity index (χ3v) is 9.40. The first kappa shape index (κ1) is 35.2. The maximum atomic E-state index is 6.42. The second-order valence-corrected chi connectivity index (χ2v) is 13.8. The van der Waals surface area contributed by atoms with E-state index in [0.29, 0.717) is 12.0 Å². The summed E-state index contributed by atoms with van der Waals surface area (Å²) in [7, 11) is 0. The maximum absolute atomic E-state index is 6.42. The molecule has 0 aliphatic carbocycles. The number of hydrogen-bond acceptors (Lipinski definition) is 6. The summed E-state index contributed by atoms with van der Waals surface area (Å²) < 4.78 is 14.7. The number of aromatic nitrogens is 2. The van der Waals surface area contributed by atoms with Gasteiger partial charge in [-0.2, -0.15) is 23.3 Å². The van der Waals surface area contributed by atoms with Crippen molar-refractivity contribution < 1.29 is 28.9 Å². The molecular formula is C44H40IrN5O2. The molecule has 0 radical (unpaired) electrons. The number of nitrogens with zero attached hydrogens (tertiary/aromatic N) is 5. The number of fused-ring (bicyclic) bond motifs is 6. The van der Waals surface area contributed by atoms with Crippen LogP contribution in [0.4, 0.5) is 5.69 Å². The van der Waals surface area contributed by atoms with Gasteiger partial charge in [-0.25, -0.2) is 0 Å². The van der Waals surface area contributed by atoms with Gasteiger partial charge in [0.1, 0.15) is 16.7 Å². The van der Waals surface area contributed by atoms with E-state index < -0.39 is 0 Å². The quantitative estimate of drug-likeness (QED) is 0.156. The van der Waals surface area contributed by atoms with Crippen molar-refractivity contribution in [2.45, 2.75) is 59.4 Å². The number of anilines is 1. The third-order valence-electron chi connectivity index (χ3n) is 9.40. The minimum Gasteiger partial charge on any atom is -0.514 e. The van der Waals surface area contributed by atoms with Gasteiger partial charge < -0.3 is 23.3 Å². The van der Waals surface area contributed by atoms with Crippen molar-refractivity contribution in [3.8, 4) is 17.1 Å². The fourth-order valence-corrected chi connectivity index (χ4v) is 6.91. The summed E-state index contributed by atoms with van der Waals surface area (Å²) in [5.41, 5.74) is 9.21. The smallest absolute Gasteiger partial charge is 0.514 e. The van der Waals surface area contributed by atoms with Gasteiger partial charge in [-0.05, 0) is 49.4 Å². The zero-order valence-electron chi connectivity index (χ0n) is 30.1. The predicted octanol–water partition coefficient (Wildman–Crippen LogP) is 11.5. The SMILES string of the molecule is CC(C)N1[CH-]N(c2[c-]ccc3c2oc2ccccc23)C=N1.CC(C)c1cc2c(oc3ccccc32)c(C(C)C)c1-n1ccnc1-c1[c-]cccc1.[Ir+3]. The van der Waals surface area contributed by atoms with Crippen molar-refractivity contribution in [3.05, 3.63) is 133 Å². The second-order valence-electron chi connectivity index (χ2n) is 13.8. The Bertz CT molecular complexity index is 2530. The summed E-state index contributed by atoms with van der Waals surface area (Å²) in [5.74, 6) is 1.54. The van der Waals surface area contributed by atoms with E-state index in [1.54, 1.807) is 6.34 Å². The van der Waals surface area contributed by atoms with Crippen molar-refractivity contribution in [2.24, 2.45) is 5.10 Å². The van der Waals surface area contributed by atoms with Crippen LogP contribution in [0.2, 0.25) is 0 Å². The average Bonchev–Trinajstić information content (AvgIpc) is 3.96. The Hall–Kier alpha value is -5.17. The molecule has 5 aromatic carbocycles. The number of benzene rings is 5. The topological polar surface area (TPSA) is 62.9 Å². The first-order valence-corrected chi connectivity index (χ1v) is 17.6. The number of furan rings is 2. The molecule has 0 fully saturated rings.